The van der Waals surface area contributed by atoms with E-state index < -0.39 is 34.4 Å². The maximum Gasteiger partial charge on any atom is 0.416 e. The van der Waals surface area contributed by atoms with Gasteiger partial charge in [0.15, 0.2) is 12.1 Å². The van der Waals surface area contributed by atoms with Gasteiger partial charge in [-0.3, -0.25) is 9.59 Å². The van der Waals surface area contributed by atoms with Crippen molar-refractivity contribution < 1.29 is 31.9 Å². The van der Waals surface area contributed by atoms with Crippen LogP contribution in [0.1, 0.15) is 40.9 Å². The molecular weight excluding hydrogens is 559 g/mol. The fourth-order valence-corrected chi connectivity index (χ4v) is 3.45. The molecule has 39 heavy (non-hydrogen) atoms. The molecule has 0 saturated heterocycles. The second-order valence-corrected chi connectivity index (χ2v) is 9.43. The predicted molar refractivity (Wildman–Crippen MR) is 144 cm³/mol. The lowest BCUT2D eigenvalue weighted by atomic mass is 10.00. The van der Waals surface area contributed by atoms with E-state index in [2.05, 4.69) is 17.2 Å². The molecule has 0 saturated carbocycles. The van der Waals surface area contributed by atoms with Crippen molar-refractivity contribution >= 4 is 41.0 Å². The van der Waals surface area contributed by atoms with Crippen LogP contribution in [0.5, 0.6) is 5.75 Å². The number of hydrogen-bond acceptors (Lipinski definition) is 5. The second-order valence-electron chi connectivity index (χ2n) is 8.59. The maximum absolute atomic E-state index is 13.5. The first kappa shape index (κ1) is 31.6. The van der Waals surface area contributed by atoms with Gasteiger partial charge in [0.25, 0.3) is 0 Å². The summed E-state index contributed by atoms with van der Waals surface area (Å²) in [7, 11) is 1.83. The van der Waals surface area contributed by atoms with Crippen molar-refractivity contribution in [2.75, 3.05) is 19.0 Å². The molecule has 0 heterocycles. The van der Waals surface area contributed by atoms with Gasteiger partial charge in [0.05, 0.1) is 27.4 Å². The molecule has 0 unspecified atom stereocenters. The first-order valence-corrected chi connectivity index (χ1v) is 12.0. The summed E-state index contributed by atoms with van der Waals surface area (Å²) in [6, 6.07) is 11.0. The number of benzene rings is 3. The van der Waals surface area contributed by atoms with Crippen molar-refractivity contribution in [2.45, 2.75) is 25.6 Å². The Bertz CT molecular complexity index is 1410. The number of carbonyl (C=O) groups excluding carboxylic acids is 2. The van der Waals surface area contributed by atoms with E-state index in [9.17, 15) is 27.2 Å². The van der Waals surface area contributed by atoms with Crippen LogP contribution in [0.15, 0.2) is 54.6 Å². The number of ketones is 1. The minimum atomic E-state index is -4.80. The van der Waals surface area contributed by atoms with Crippen molar-refractivity contribution in [3.8, 4) is 17.6 Å². The van der Waals surface area contributed by atoms with Crippen molar-refractivity contribution in [1.82, 2.24) is 0 Å². The van der Waals surface area contributed by atoms with Gasteiger partial charge in [0, 0.05) is 23.2 Å². The highest BCUT2D eigenvalue weighted by molar-refractivity contribution is 6.33. The number of anilines is 1. The third kappa shape index (κ3) is 9.91. The fraction of sp³-hybridized carbons (Fsp3) is 0.214. The van der Waals surface area contributed by atoms with E-state index in [1.165, 1.54) is 18.2 Å². The Labute approximate surface area is 233 Å². The molecule has 0 bridgehead atoms. The van der Waals surface area contributed by atoms with Crippen LogP contribution in [0.4, 0.5) is 23.2 Å². The minimum absolute atomic E-state index is 0.0469. The molecule has 3 N–H and O–H groups in total. The lowest BCUT2D eigenvalue weighted by Gasteiger charge is -2.12. The fourth-order valence-electron chi connectivity index (χ4n) is 3.00. The topological polar surface area (TPSA) is 81.4 Å². The second kappa shape index (κ2) is 13.5. The van der Waals surface area contributed by atoms with Gasteiger partial charge in [-0.05, 0) is 68.4 Å². The molecule has 206 valence electrons. The van der Waals surface area contributed by atoms with Crippen LogP contribution in [0.3, 0.4) is 0 Å². The Kier molecular flexibility index (Phi) is 10.9. The van der Waals surface area contributed by atoms with Crippen LogP contribution in [0.2, 0.25) is 10.0 Å². The molecule has 0 amide bonds. The molecule has 0 atom stereocenters. The normalized spacial score (nSPS) is 10.9. The van der Waals surface area contributed by atoms with E-state index in [1.807, 2.05) is 39.1 Å². The summed E-state index contributed by atoms with van der Waals surface area (Å²) in [5, 5.41) is 3.78. The number of alkyl halides is 3. The average Bonchev–Trinajstić information content (AvgIpc) is 2.85. The van der Waals surface area contributed by atoms with Gasteiger partial charge in [0.1, 0.15) is 18.2 Å². The van der Waals surface area contributed by atoms with E-state index in [1.54, 1.807) is 0 Å². The largest absolute Gasteiger partial charge is 0.485 e. The first-order chi connectivity index (χ1) is 18.1. The highest BCUT2D eigenvalue weighted by Crippen LogP contribution is 2.32. The van der Waals surface area contributed by atoms with E-state index in [-0.39, 0.29) is 22.9 Å². The zero-order chi connectivity index (χ0) is 29.4. The number of nitrogens with one attached hydrogen (secondary N) is 1. The highest BCUT2D eigenvalue weighted by atomic mass is 35.5. The number of nitrogens with two attached hydrogens (primary N) is 1. The van der Waals surface area contributed by atoms with Crippen LogP contribution in [0, 0.1) is 17.7 Å². The van der Waals surface area contributed by atoms with Crippen LogP contribution >= 0.6 is 23.2 Å². The molecule has 0 spiro atoms. The van der Waals surface area contributed by atoms with Crippen LogP contribution in [-0.2, 0) is 11.0 Å². The van der Waals surface area contributed by atoms with Crippen molar-refractivity contribution in [3.63, 3.8) is 0 Å². The summed E-state index contributed by atoms with van der Waals surface area (Å²) in [6.45, 7) is 3.37. The number of ether oxygens (including phenoxy) is 1. The Balaban J connectivity index is 0.000000306. The molecule has 0 aliphatic rings. The zero-order valence-electron chi connectivity index (χ0n) is 21.1. The Morgan fingerprint density at radius 3 is 2.33 bits per heavy atom. The lowest BCUT2D eigenvalue weighted by molar-refractivity contribution is -0.137. The van der Waals surface area contributed by atoms with E-state index in [4.69, 9.17) is 33.7 Å². The standard InChI is InChI=1S/C16H9ClF4O3.C12H15ClN2/c17-11-1-2-14(24-4-3-22)13(8-11)15(23)9-5-10(16(19,20)21)7-12(18)6-9;1-12(2,14)7-6-9-4-5-11(15-3)10(13)8-9/h1-3,5-8H,4H2;4-5,8,15H,14H2,1-3H3. The lowest BCUT2D eigenvalue weighted by Crippen LogP contribution is -2.29. The molecule has 0 fully saturated rings. The molecule has 5 nitrogen and oxygen atoms in total. The van der Waals surface area contributed by atoms with Gasteiger partial charge >= 0.3 is 6.18 Å². The summed E-state index contributed by atoms with van der Waals surface area (Å²) >= 11 is 11.8. The molecule has 3 aromatic carbocycles. The summed E-state index contributed by atoms with van der Waals surface area (Å²) in [5.41, 5.74) is 5.07. The molecule has 0 radical (unpaired) electrons. The Morgan fingerprint density at radius 1 is 1.08 bits per heavy atom. The van der Waals surface area contributed by atoms with Gasteiger partial charge in [-0.15, -0.1) is 0 Å². The number of halogens is 6. The minimum Gasteiger partial charge on any atom is -0.485 e. The van der Waals surface area contributed by atoms with Crippen LogP contribution in [-0.4, -0.2) is 31.3 Å². The summed E-state index contributed by atoms with van der Waals surface area (Å²) in [4.78, 5) is 22.8. The predicted octanol–water partition coefficient (Wildman–Crippen LogP) is 6.78. The maximum atomic E-state index is 13.5. The highest BCUT2D eigenvalue weighted by Gasteiger charge is 2.32. The number of aldehydes is 1. The third-order valence-electron chi connectivity index (χ3n) is 4.75. The van der Waals surface area contributed by atoms with Gasteiger partial charge in [-0.25, -0.2) is 4.39 Å². The van der Waals surface area contributed by atoms with Gasteiger partial charge < -0.3 is 15.8 Å². The smallest absolute Gasteiger partial charge is 0.416 e. The number of carbonyl (C=O) groups is 2. The zero-order valence-corrected chi connectivity index (χ0v) is 22.6. The summed E-state index contributed by atoms with van der Waals surface area (Å²) in [6.07, 6.45) is -4.37. The molecule has 0 aliphatic carbocycles. The van der Waals surface area contributed by atoms with Gasteiger partial charge in [-0.1, -0.05) is 35.0 Å². The van der Waals surface area contributed by atoms with E-state index >= 15 is 0 Å². The molecule has 3 rings (SSSR count). The molecule has 0 aromatic heterocycles. The van der Waals surface area contributed by atoms with Gasteiger partial charge in [0.2, 0.25) is 0 Å². The van der Waals surface area contributed by atoms with E-state index in [0.29, 0.717) is 29.5 Å². The molecule has 0 aliphatic heterocycles. The van der Waals surface area contributed by atoms with Crippen molar-refractivity contribution in [2.24, 2.45) is 5.73 Å². The first-order valence-electron chi connectivity index (χ1n) is 11.2. The van der Waals surface area contributed by atoms with Crippen molar-refractivity contribution in [3.05, 3.63) is 92.7 Å². The summed E-state index contributed by atoms with van der Waals surface area (Å²) in [5.74, 6) is 3.78. The Morgan fingerprint density at radius 2 is 1.77 bits per heavy atom. The molecule has 11 heteroatoms. The van der Waals surface area contributed by atoms with Crippen LogP contribution < -0.4 is 15.8 Å². The number of hydrogen-bond donors (Lipinski definition) is 2. The average molecular weight is 583 g/mol. The molecule has 3 aromatic rings. The quantitative estimate of drug-likeness (QED) is 0.145. The summed E-state index contributed by atoms with van der Waals surface area (Å²) < 4.78 is 56.8. The molecular formula is C28H24Cl2F4N2O3. The van der Waals surface area contributed by atoms with E-state index in [0.717, 1.165) is 11.3 Å². The number of rotatable bonds is 6. The Hall–Kier alpha value is -3.58. The monoisotopic (exact) mass is 582 g/mol. The van der Waals surface area contributed by atoms with Gasteiger partial charge in [-0.2, -0.15) is 13.2 Å². The van der Waals surface area contributed by atoms with Crippen LogP contribution in [0.25, 0.3) is 0 Å². The third-order valence-corrected chi connectivity index (χ3v) is 5.30. The van der Waals surface area contributed by atoms with Crippen molar-refractivity contribution in [1.29, 1.82) is 0 Å². The SMILES string of the molecule is CNc1ccc(C#CC(C)(C)N)cc1Cl.O=CCOc1ccc(Cl)cc1C(=O)c1cc(F)cc(C(F)(F)F)c1.